The number of aryl methyl sites for hydroxylation is 2. The fraction of sp³-hybridized carbons (Fsp3) is 0.667. The molecule has 96 valence electrons. The minimum atomic E-state index is -0.311. The number of nitrogens with one attached hydrogen (secondary N) is 1. The lowest BCUT2D eigenvalue weighted by molar-refractivity contribution is 0.0948. The number of hydrogen-bond acceptors (Lipinski definition) is 3. The molecule has 0 radical (unpaired) electrons. The molecule has 1 aromatic heterocycles. The van der Waals surface area contributed by atoms with E-state index >= 15 is 0 Å². The van der Waals surface area contributed by atoms with E-state index in [4.69, 9.17) is 5.11 Å². The summed E-state index contributed by atoms with van der Waals surface area (Å²) in [5, 5.41) is 16.2. The largest absolute Gasteiger partial charge is 0.393 e. The predicted molar refractivity (Wildman–Crippen MR) is 65.9 cm³/mol. The second-order valence-electron chi connectivity index (χ2n) is 4.42. The first-order valence-corrected chi connectivity index (χ1v) is 5.90. The van der Waals surface area contributed by atoms with Crippen molar-refractivity contribution >= 4 is 5.91 Å². The van der Waals surface area contributed by atoms with E-state index in [2.05, 4.69) is 10.4 Å². The molecule has 1 atom stereocenters. The van der Waals surface area contributed by atoms with Crippen molar-refractivity contribution in [3.8, 4) is 0 Å². The van der Waals surface area contributed by atoms with E-state index in [-0.39, 0.29) is 12.0 Å². The molecule has 0 bridgehead atoms. The number of carbonyl (C=O) groups is 1. The summed E-state index contributed by atoms with van der Waals surface area (Å²) in [6.45, 7) is 6.04. The Morgan fingerprint density at radius 2 is 2.18 bits per heavy atom. The molecule has 1 amide bonds. The molecule has 0 fully saturated rings. The first-order chi connectivity index (χ1) is 7.93. The molecule has 0 saturated carbocycles. The van der Waals surface area contributed by atoms with Crippen molar-refractivity contribution in [2.45, 2.75) is 39.7 Å². The SMILES string of the molecule is Cc1nn(C)c(C)c1C(=O)NCCCC(C)O. The van der Waals surface area contributed by atoms with Gasteiger partial charge in [-0.3, -0.25) is 9.48 Å². The van der Waals surface area contributed by atoms with Crippen molar-refractivity contribution in [3.63, 3.8) is 0 Å². The molecule has 5 heteroatoms. The summed E-state index contributed by atoms with van der Waals surface area (Å²) in [7, 11) is 1.83. The minimum Gasteiger partial charge on any atom is -0.393 e. The summed E-state index contributed by atoms with van der Waals surface area (Å²) in [6, 6.07) is 0. The van der Waals surface area contributed by atoms with Gasteiger partial charge < -0.3 is 10.4 Å². The van der Waals surface area contributed by atoms with Crippen LogP contribution in [0, 0.1) is 13.8 Å². The van der Waals surface area contributed by atoms with Gasteiger partial charge in [0.05, 0.1) is 17.4 Å². The molecule has 0 spiro atoms. The lowest BCUT2D eigenvalue weighted by Crippen LogP contribution is -2.26. The average molecular weight is 239 g/mol. The van der Waals surface area contributed by atoms with Crippen molar-refractivity contribution in [1.29, 1.82) is 0 Å². The monoisotopic (exact) mass is 239 g/mol. The minimum absolute atomic E-state index is 0.0845. The van der Waals surface area contributed by atoms with E-state index < -0.39 is 0 Å². The number of amides is 1. The van der Waals surface area contributed by atoms with Crippen LogP contribution in [-0.4, -0.2) is 33.4 Å². The fourth-order valence-corrected chi connectivity index (χ4v) is 1.79. The summed E-state index contributed by atoms with van der Waals surface area (Å²) in [5.41, 5.74) is 2.28. The van der Waals surface area contributed by atoms with Crippen LogP contribution in [-0.2, 0) is 7.05 Å². The predicted octanol–water partition coefficient (Wildman–Crippen LogP) is 0.928. The zero-order valence-electron chi connectivity index (χ0n) is 10.9. The van der Waals surface area contributed by atoms with Crippen molar-refractivity contribution in [2.24, 2.45) is 7.05 Å². The highest BCUT2D eigenvalue weighted by Crippen LogP contribution is 2.11. The standard InChI is InChI=1S/C12H21N3O2/c1-8(16)6-5-7-13-12(17)11-9(2)14-15(4)10(11)3/h8,16H,5-7H2,1-4H3,(H,13,17). The molecule has 1 heterocycles. The average Bonchev–Trinajstić information content (AvgIpc) is 2.48. The van der Waals surface area contributed by atoms with Crippen molar-refractivity contribution < 1.29 is 9.90 Å². The van der Waals surface area contributed by atoms with Gasteiger partial charge in [-0.2, -0.15) is 5.10 Å². The van der Waals surface area contributed by atoms with Crippen LogP contribution < -0.4 is 5.32 Å². The second-order valence-corrected chi connectivity index (χ2v) is 4.42. The summed E-state index contributed by atoms with van der Waals surface area (Å²) in [4.78, 5) is 11.9. The molecule has 0 aliphatic heterocycles. The van der Waals surface area contributed by atoms with Crippen LogP contribution in [0.3, 0.4) is 0 Å². The third kappa shape index (κ3) is 3.56. The van der Waals surface area contributed by atoms with Crippen molar-refractivity contribution in [3.05, 3.63) is 17.0 Å². The third-order valence-electron chi connectivity index (χ3n) is 2.82. The molecule has 1 unspecified atom stereocenters. The highest BCUT2D eigenvalue weighted by atomic mass is 16.3. The first-order valence-electron chi connectivity index (χ1n) is 5.90. The quantitative estimate of drug-likeness (QED) is 0.751. The lowest BCUT2D eigenvalue weighted by Gasteiger charge is -2.06. The van der Waals surface area contributed by atoms with Gasteiger partial charge in [-0.15, -0.1) is 0 Å². The Morgan fingerprint density at radius 1 is 1.53 bits per heavy atom. The van der Waals surface area contributed by atoms with Crippen molar-refractivity contribution in [2.75, 3.05) is 6.54 Å². The number of hydrogen-bond donors (Lipinski definition) is 2. The van der Waals surface area contributed by atoms with E-state index in [9.17, 15) is 4.79 Å². The van der Waals surface area contributed by atoms with Gasteiger partial charge in [0, 0.05) is 19.3 Å². The summed E-state index contributed by atoms with van der Waals surface area (Å²) in [6.07, 6.45) is 1.17. The molecule has 5 nitrogen and oxygen atoms in total. The number of rotatable bonds is 5. The van der Waals surface area contributed by atoms with Gasteiger partial charge in [-0.1, -0.05) is 0 Å². The highest BCUT2D eigenvalue weighted by molar-refractivity contribution is 5.96. The highest BCUT2D eigenvalue weighted by Gasteiger charge is 2.16. The van der Waals surface area contributed by atoms with E-state index in [0.717, 1.165) is 17.8 Å². The Labute approximate surface area is 102 Å². The van der Waals surface area contributed by atoms with Gasteiger partial charge in [0.1, 0.15) is 0 Å². The molecule has 1 rings (SSSR count). The Hall–Kier alpha value is -1.36. The summed E-state index contributed by atoms with van der Waals surface area (Å²) < 4.78 is 1.71. The Bertz CT molecular complexity index is 397. The van der Waals surface area contributed by atoms with E-state index in [1.54, 1.807) is 11.6 Å². The topological polar surface area (TPSA) is 67.2 Å². The Balaban J connectivity index is 2.53. The number of aliphatic hydroxyl groups is 1. The molecule has 0 saturated heterocycles. The van der Waals surface area contributed by atoms with Crippen LogP contribution in [0.25, 0.3) is 0 Å². The zero-order chi connectivity index (χ0) is 13.0. The Morgan fingerprint density at radius 3 is 2.65 bits per heavy atom. The molecule has 17 heavy (non-hydrogen) atoms. The van der Waals surface area contributed by atoms with Crippen molar-refractivity contribution in [1.82, 2.24) is 15.1 Å². The summed E-state index contributed by atoms with van der Waals surface area (Å²) >= 11 is 0. The van der Waals surface area contributed by atoms with Gasteiger partial charge in [0.2, 0.25) is 0 Å². The molecular formula is C12H21N3O2. The van der Waals surface area contributed by atoms with Gasteiger partial charge in [-0.25, -0.2) is 0 Å². The second kappa shape index (κ2) is 5.82. The maximum atomic E-state index is 11.9. The lowest BCUT2D eigenvalue weighted by atomic mass is 10.1. The van der Waals surface area contributed by atoms with E-state index in [0.29, 0.717) is 18.5 Å². The number of aromatic nitrogens is 2. The van der Waals surface area contributed by atoms with Crippen LogP contribution in [0.4, 0.5) is 0 Å². The molecule has 0 aliphatic carbocycles. The number of nitrogens with zero attached hydrogens (tertiary/aromatic N) is 2. The van der Waals surface area contributed by atoms with E-state index in [1.165, 1.54) is 0 Å². The van der Waals surface area contributed by atoms with Crippen LogP contribution in [0.15, 0.2) is 0 Å². The van der Waals surface area contributed by atoms with Crippen LogP contribution in [0.1, 0.15) is 41.5 Å². The molecule has 0 aromatic carbocycles. The fourth-order valence-electron chi connectivity index (χ4n) is 1.79. The van der Waals surface area contributed by atoms with Gasteiger partial charge in [0.15, 0.2) is 0 Å². The number of aliphatic hydroxyl groups excluding tert-OH is 1. The van der Waals surface area contributed by atoms with Crippen LogP contribution >= 0.6 is 0 Å². The third-order valence-corrected chi connectivity index (χ3v) is 2.82. The molecule has 2 N–H and O–H groups in total. The smallest absolute Gasteiger partial charge is 0.255 e. The normalized spacial score (nSPS) is 12.5. The molecule has 1 aromatic rings. The maximum absolute atomic E-state index is 11.9. The summed E-state index contributed by atoms with van der Waals surface area (Å²) in [5.74, 6) is -0.0845. The molecular weight excluding hydrogens is 218 g/mol. The molecule has 0 aliphatic rings. The Kier molecular flexibility index (Phi) is 4.69. The van der Waals surface area contributed by atoms with Gasteiger partial charge >= 0.3 is 0 Å². The number of carbonyl (C=O) groups excluding carboxylic acids is 1. The first kappa shape index (κ1) is 13.7. The maximum Gasteiger partial charge on any atom is 0.255 e. The van der Waals surface area contributed by atoms with Crippen LogP contribution in [0.2, 0.25) is 0 Å². The zero-order valence-corrected chi connectivity index (χ0v) is 10.9. The van der Waals surface area contributed by atoms with Gasteiger partial charge in [-0.05, 0) is 33.6 Å². The van der Waals surface area contributed by atoms with Gasteiger partial charge in [0.25, 0.3) is 5.91 Å². The van der Waals surface area contributed by atoms with Crippen LogP contribution in [0.5, 0.6) is 0 Å². The van der Waals surface area contributed by atoms with E-state index in [1.807, 2.05) is 20.9 Å².